The van der Waals surface area contributed by atoms with Gasteiger partial charge in [-0.1, -0.05) is 30.1 Å². The molecular formula is C22H19Cl2NO6. The molecule has 0 fully saturated rings. The summed E-state index contributed by atoms with van der Waals surface area (Å²) in [5.74, 6) is -1.05. The second kappa shape index (κ2) is 7.66. The third-order valence-corrected chi connectivity index (χ3v) is 6.16. The Kier molecular flexibility index (Phi) is 5.27. The zero-order valence-corrected chi connectivity index (χ0v) is 18.4. The van der Waals surface area contributed by atoms with E-state index in [1.165, 1.54) is 32.4 Å². The van der Waals surface area contributed by atoms with Crippen LogP contribution in [0.1, 0.15) is 23.7 Å². The van der Waals surface area contributed by atoms with Crippen LogP contribution in [0.2, 0.25) is 10.0 Å². The summed E-state index contributed by atoms with van der Waals surface area (Å²) in [4.78, 5) is 26.7. The van der Waals surface area contributed by atoms with E-state index in [9.17, 15) is 14.7 Å². The van der Waals surface area contributed by atoms with Crippen molar-refractivity contribution in [3.8, 4) is 23.0 Å². The highest BCUT2D eigenvalue weighted by atomic mass is 35.5. The van der Waals surface area contributed by atoms with Gasteiger partial charge in [-0.25, -0.2) is 0 Å². The van der Waals surface area contributed by atoms with Crippen molar-refractivity contribution in [2.45, 2.75) is 18.9 Å². The van der Waals surface area contributed by atoms with Crippen LogP contribution < -0.4 is 19.5 Å². The summed E-state index contributed by atoms with van der Waals surface area (Å²) >= 11 is 12.4. The number of phenols is 1. The fraction of sp³-hybridized carbons (Fsp3) is 0.273. The van der Waals surface area contributed by atoms with Crippen molar-refractivity contribution in [1.82, 2.24) is 0 Å². The van der Waals surface area contributed by atoms with E-state index in [4.69, 9.17) is 37.4 Å². The molecule has 2 atom stereocenters. The third-order valence-electron chi connectivity index (χ3n) is 5.56. The smallest absolute Gasteiger partial charge is 0.236 e. The maximum atomic E-state index is 13.5. The average molecular weight is 464 g/mol. The summed E-state index contributed by atoms with van der Waals surface area (Å²) in [5, 5.41) is 13.6. The first-order chi connectivity index (χ1) is 14.7. The number of anilines is 1. The number of benzene rings is 2. The number of hydrogen-bond acceptors (Lipinski definition) is 7. The fourth-order valence-electron chi connectivity index (χ4n) is 4.00. The topological polar surface area (TPSA) is 94.1 Å². The zero-order valence-electron chi connectivity index (χ0n) is 16.9. The maximum Gasteiger partial charge on any atom is 0.236 e. The van der Waals surface area contributed by atoms with Gasteiger partial charge in [0.25, 0.3) is 0 Å². The van der Waals surface area contributed by atoms with Crippen molar-refractivity contribution in [2.24, 2.45) is 5.92 Å². The highest BCUT2D eigenvalue weighted by molar-refractivity contribution is 6.36. The lowest BCUT2D eigenvalue weighted by molar-refractivity contribution is -0.129. The quantitative estimate of drug-likeness (QED) is 0.503. The Labute approximate surface area is 188 Å². The lowest BCUT2D eigenvalue weighted by Crippen LogP contribution is -2.55. The van der Waals surface area contributed by atoms with E-state index in [2.05, 4.69) is 5.32 Å². The first kappa shape index (κ1) is 21.3. The summed E-state index contributed by atoms with van der Waals surface area (Å²) in [6.45, 7) is 1.74. The van der Waals surface area contributed by atoms with Gasteiger partial charge in [0.1, 0.15) is 27.8 Å². The Bertz CT molecular complexity index is 1150. The number of carbonyl (C=O) groups is 2. The monoisotopic (exact) mass is 463 g/mol. The largest absolute Gasteiger partial charge is 0.506 e. The maximum absolute atomic E-state index is 13.5. The number of phenolic OH excluding ortho intramolecular Hbond substituents is 1. The third kappa shape index (κ3) is 3.20. The van der Waals surface area contributed by atoms with Crippen LogP contribution >= 0.6 is 23.2 Å². The molecule has 4 rings (SSSR count). The molecule has 1 spiro atoms. The number of aromatic hydroxyl groups is 1. The Hall–Kier alpha value is -2.90. The van der Waals surface area contributed by atoms with Gasteiger partial charge in [0.05, 0.1) is 19.9 Å². The number of fused-ring (bicyclic) bond motifs is 1. The lowest BCUT2D eigenvalue weighted by Gasteiger charge is -2.35. The molecule has 2 aliphatic rings. The van der Waals surface area contributed by atoms with Crippen LogP contribution in [-0.4, -0.2) is 36.5 Å². The van der Waals surface area contributed by atoms with Crippen molar-refractivity contribution in [1.29, 1.82) is 0 Å². The number of nitrogens with one attached hydrogen (secondary N) is 1. The molecule has 0 saturated heterocycles. The predicted molar refractivity (Wildman–Crippen MR) is 116 cm³/mol. The molecule has 31 heavy (non-hydrogen) atoms. The van der Waals surface area contributed by atoms with E-state index in [0.717, 1.165) is 0 Å². The molecular weight excluding hydrogens is 445 g/mol. The van der Waals surface area contributed by atoms with Crippen molar-refractivity contribution in [3.05, 3.63) is 51.6 Å². The minimum atomic E-state index is -1.76. The van der Waals surface area contributed by atoms with Crippen LogP contribution in [0.5, 0.6) is 23.0 Å². The molecule has 0 bridgehead atoms. The Balaban J connectivity index is 1.74. The number of hydrogen-bond donors (Lipinski definition) is 2. The molecule has 1 aliphatic heterocycles. The van der Waals surface area contributed by atoms with Gasteiger partial charge in [0.2, 0.25) is 17.2 Å². The molecule has 162 valence electrons. The minimum absolute atomic E-state index is 0.0186. The number of rotatable bonds is 4. The molecule has 1 heterocycles. The molecule has 2 N–H and O–H groups in total. The van der Waals surface area contributed by atoms with E-state index in [0.29, 0.717) is 22.8 Å². The molecule has 0 radical (unpaired) electrons. The van der Waals surface area contributed by atoms with Gasteiger partial charge in [0, 0.05) is 28.8 Å². The Morgan fingerprint density at radius 3 is 2.52 bits per heavy atom. The molecule has 0 saturated carbocycles. The lowest BCUT2D eigenvalue weighted by atomic mass is 9.74. The molecule has 1 aliphatic carbocycles. The number of carbonyl (C=O) groups excluding carboxylic acids is 2. The summed E-state index contributed by atoms with van der Waals surface area (Å²) in [6.07, 6.45) is 1.61. The summed E-state index contributed by atoms with van der Waals surface area (Å²) < 4.78 is 16.6. The van der Waals surface area contributed by atoms with Gasteiger partial charge >= 0.3 is 0 Å². The molecule has 7 nitrogen and oxygen atoms in total. The molecule has 0 amide bonds. The number of methoxy groups -OCH3 is 2. The predicted octanol–water partition coefficient (Wildman–Crippen LogP) is 4.64. The van der Waals surface area contributed by atoms with Crippen LogP contribution in [0.25, 0.3) is 0 Å². The van der Waals surface area contributed by atoms with E-state index in [1.54, 1.807) is 19.1 Å². The minimum Gasteiger partial charge on any atom is -0.506 e. The standard InChI is InChI=1S/C22H19Cl2NO6/c1-10-6-12(25-13-7-11(23)4-5-14(13)26)8-17(27)22(10)21(28)18-15(29-2)9-16(30-3)19(24)20(18)31-22/h4-5,7-10,25-26H,6H2,1-3H3. The Morgan fingerprint density at radius 2 is 1.87 bits per heavy atom. The first-order valence-electron chi connectivity index (χ1n) is 9.41. The van der Waals surface area contributed by atoms with E-state index >= 15 is 0 Å². The molecule has 2 unspecified atom stereocenters. The molecule has 9 heteroatoms. The number of ketones is 2. The summed E-state index contributed by atoms with van der Waals surface area (Å²) in [5.41, 5.74) is -0.770. The highest BCUT2D eigenvalue weighted by Crippen LogP contribution is 2.53. The average Bonchev–Trinajstić information content (AvgIpc) is 3.05. The zero-order chi connectivity index (χ0) is 22.5. The van der Waals surface area contributed by atoms with Crippen molar-refractivity contribution >= 4 is 40.5 Å². The van der Waals surface area contributed by atoms with Crippen molar-refractivity contribution in [3.63, 3.8) is 0 Å². The molecule has 2 aromatic carbocycles. The summed E-state index contributed by atoms with van der Waals surface area (Å²) in [6, 6.07) is 6.03. The highest BCUT2D eigenvalue weighted by Gasteiger charge is 2.60. The Morgan fingerprint density at radius 1 is 1.16 bits per heavy atom. The second-order valence-corrected chi connectivity index (χ2v) is 8.21. The van der Waals surface area contributed by atoms with Gasteiger partial charge in [0.15, 0.2) is 5.75 Å². The second-order valence-electron chi connectivity index (χ2n) is 7.39. The number of allylic oxidation sites excluding steroid dienone is 1. The number of ether oxygens (including phenoxy) is 3. The van der Waals surface area contributed by atoms with E-state index in [-0.39, 0.29) is 33.6 Å². The van der Waals surface area contributed by atoms with Gasteiger partial charge in [-0.3, -0.25) is 9.59 Å². The van der Waals surface area contributed by atoms with Crippen LogP contribution in [0.3, 0.4) is 0 Å². The van der Waals surface area contributed by atoms with Crippen LogP contribution in [0.15, 0.2) is 36.0 Å². The van der Waals surface area contributed by atoms with Gasteiger partial charge in [-0.15, -0.1) is 0 Å². The van der Waals surface area contributed by atoms with Gasteiger partial charge < -0.3 is 24.6 Å². The molecule has 0 aromatic heterocycles. The van der Waals surface area contributed by atoms with Crippen molar-refractivity contribution in [2.75, 3.05) is 19.5 Å². The number of halogens is 2. The van der Waals surface area contributed by atoms with E-state index < -0.39 is 23.1 Å². The first-order valence-corrected chi connectivity index (χ1v) is 10.2. The fourth-order valence-corrected chi connectivity index (χ4v) is 4.43. The van der Waals surface area contributed by atoms with Crippen LogP contribution in [0.4, 0.5) is 5.69 Å². The van der Waals surface area contributed by atoms with Gasteiger partial charge in [-0.05, 0) is 24.6 Å². The molecule has 2 aromatic rings. The SMILES string of the molecule is COc1cc(OC)c2c(c1Cl)OC1(C(=O)C=C(Nc3cc(Cl)ccc3O)CC1C)C2=O. The van der Waals surface area contributed by atoms with Gasteiger partial charge in [-0.2, -0.15) is 0 Å². The summed E-state index contributed by atoms with van der Waals surface area (Å²) in [7, 11) is 2.84. The number of Topliss-reactive ketones (excluding diaryl/α,β-unsaturated/α-hetero) is 1. The van der Waals surface area contributed by atoms with E-state index in [1.807, 2.05) is 0 Å². The van der Waals surface area contributed by atoms with Crippen LogP contribution in [-0.2, 0) is 4.79 Å². The normalized spacial score (nSPS) is 22.1. The van der Waals surface area contributed by atoms with Crippen LogP contribution in [0, 0.1) is 5.92 Å². The van der Waals surface area contributed by atoms with Crippen molar-refractivity contribution < 1.29 is 28.9 Å².